The maximum Gasteiger partial charge on any atom is 0.0511 e. The molecule has 2 nitrogen and oxygen atoms in total. The summed E-state index contributed by atoms with van der Waals surface area (Å²) in [6.45, 7) is 8.98. The molecular formula is C18H23BrN2. The SMILES string of the molecule is Cc1cc(Br)cc(C)c1-n1ccc2c1CC(C)(C)CC2N. The van der Waals surface area contributed by atoms with Crippen LogP contribution in [0.25, 0.3) is 5.69 Å². The lowest BCUT2D eigenvalue weighted by atomic mass is 9.74. The Balaban J connectivity index is 2.19. The molecule has 112 valence electrons. The first-order valence-electron chi connectivity index (χ1n) is 7.51. The van der Waals surface area contributed by atoms with Crippen LogP contribution in [0.15, 0.2) is 28.9 Å². The number of benzene rings is 1. The molecule has 1 heterocycles. The van der Waals surface area contributed by atoms with Crippen LogP contribution in [0, 0.1) is 19.3 Å². The monoisotopic (exact) mass is 346 g/mol. The first-order valence-corrected chi connectivity index (χ1v) is 8.31. The molecule has 1 atom stereocenters. The lowest BCUT2D eigenvalue weighted by molar-refractivity contribution is 0.278. The fourth-order valence-electron chi connectivity index (χ4n) is 3.73. The summed E-state index contributed by atoms with van der Waals surface area (Å²) < 4.78 is 3.49. The van der Waals surface area contributed by atoms with E-state index in [2.05, 4.69) is 72.6 Å². The summed E-state index contributed by atoms with van der Waals surface area (Å²) in [7, 11) is 0. The van der Waals surface area contributed by atoms with Gasteiger partial charge in [0, 0.05) is 22.4 Å². The second kappa shape index (κ2) is 4.99. The number of nitrogens with zero attached hydrogens (tertiary/aromatic N) is 1. The Bertz CT molecular complexity index is 674. The summed E-state index contributed by atoms with van der Waals surface area (Å²) in [6.07, 6.45) is 4.33. The Morgan fingerprint density at radius 1 is 1.24 bits per heavy atom. The molecule has 0 saturated carbocycles. The standard InChI is InChI=1S/C18H23BrN2/c1-11-7-13(19)8-12(2)17(11)21-6-5-14-15(20)9-18(3,4)10-16(14)21/h5-8,15H,9-10,20H2,1-4H3. The zero-order valence-electron chi connectivity index (χ0n) is 13.2. The van der Waals surface area contributed by atoms with Gasteiger partial charge in [0.05, 0.1) is 5.69 Å². The first kappa shape index (κ1) is 14.9. The lowest BCUT2D eigenvalue weighted by Gasteiger charge is -2.35. The lowest BCUT2D eigenvalue weighted by Crippen LogP contribution is -2.30. The van der Waals surface area contributed by atoms with Crippen LogP contribution in [0.5, 0.6) is 0 Å². The molecule has 2 N–H and O–H groups in total. The van der Waals surface area contributed by atoms with Crippen molar-refractivity contribution < 1.29 is 0 Å². The molecular weight excluding hydrogens is 324 g/mol. The third-order valence-corrected chi connectivity index (χ3v) is 5.00. The van der Waals surface area contributed by atoms with Gasteiger partial charge in [0.1, 0.15) is 0 Å². The van der Waals surface area contributed by atoms with Gasteiger partial charge in [-0.1, -0.05) is 29.8 Å². The maximum absolute atomic E-state index is 6.39. The van der Waals surface area contributed by atoms with Crippen molar-refractivity contribution in [3.05, 3.63) is 51.3 Å². The summed E-state index contributed by atoms with van der Waals surface area (Å²) in [5, 5.41) is 0. The molecule has 21 heavy (non-hydrogen) atoms. The first-order chi connectivity index (χ1) is 9.78. The van der Waals surface area contributed by atoms with Crippen molar-refractivity contribution in [3.8, 4) is 5.69 Å². The van der Waals surface area contributed by atoms with E-state index in [1.165, 1.54) is 28.1 Å². The van der Waals surface area contributed by atoms with E-state index in [0.717, 1.165) is 17.3 Å². The Kier molecular flexibility index (Phi) is 3.53. The van der Waals surface area contributed by atoms with E-state index in [-0.39, 0.29) is 11.5 Å². The molecule has 0 saturated heterocycles. The van der Waals surface area contributed by atoms with Gasteiger partial charge in [-0.05, 0) is 67.0 Å². The Labute approximate surface area is 135 Å². The molecule has 1 aliphatic carbocycles. The van der Waals surface area contributed by atoms with Gasteiger partial charge < -0.3 is 10.3 Å². The van der Waals surface area contributed by atoms with Crippen LogP contribution in [0.3, 0.4) is 0 Å². The van der Waals surface area contributed by atoms with Crippen molar-refractivity contribution in [3.63, 3.8) is 0 Å². The molecule has 0 radical (unpaired) electrons. The maximum atomic E-state index is 6.39. The van der Waals surface area contributed by atoms with E-state index in [0.29, 0.717) is 0 Å². The van der Waals surface area contributed by atoms with Crippen molar-refractivity contribution >= 4 is 15.9 Å². The highest BCUT2D eigenvalue weighted by atomic mass is 79.9. The minimum Gasteiger partial charge on any atom is -0.324 e. The summed E-state index contributed by atoms with van der Waals surface area (Å²) in [6, 6.07) is 6.72. The number of aromatic nitrogens is 1. The number of fused-ring (bicyclic) bond motifs is 1. The molecule has 0 fully saturated rings. The highest BCUT2D eigenvalue weighted by Crippen LogP contribution is 2.41. The number of halogens is 1. The Hall–Kier alpha value is -1.06. The third kappa shape index (κ3) is 2.58. The average molecular weight is 347 g/mol. The summed E-state index contributed by atoms with van der Waals surface area (Å²) >= 11 is 3.58. The highest BCUT2D eigenvalue weighted by Gasteiger charge is 2.32. The molecule has 3 rings (SSSR count). The van der Waals surface area contributed by atoms with Gasteiger partial charge in [-0.25, -0.2) is 0 Å². The van der Waals surface area contributed by atoms with Crippen molar-refractivity contribution in [1.82, 2.24) is 4.57 Å². The second-order valence-electron chi connectivity index (χ2n) is 7.13. The molecule has 1 aromatic carbocycles. The van der Waals surface area contributed by atoms with Gasteiger partial charge in [0.15, 0.2) is 0 Å². The Morgan fingerprint density at radius 2 is 1.86 bits per heavy atom. The number of rotatable bonds is 1. The third-order valence-electron chi connectivity index (χ3n) is 4.54. The van der Waals surface area contributed by atoms with Crippen LogP contribution in [0.2, 0.25) is 0 Å². The molecule has 2 aromatic rings. The predicted molar refractivity (Wildman–Crippen MR) is 92.0 cm³/mol. The largest absolute Gasteiger partial charge is 0.324 e. The van der Waals surface area contributed by atoms with Crippen LogP contribution >= 0.6 is 15.9 Å². The zero-order valence-corrected chi connectivity index (χ0v) is 14.8. The van der Waals surface area contributed by atoms with E-state index in [4.69, 9.17) is 5.73 Å². The fourth-order valence-corrected chi connectivity index (χ4v) is 4.41. The van der Waals surface area contributed by atoms with Crippen LogP contribution in [0.4, 0.5) is 0 Å². The van der Waals surface area contributed by atoms with Gasteiger partial charge in [0.25, 0.3) is 0 Å². The topological polar surface area (TPSA) is 30.9 Å². The second-order valence-corrected chi connectivity index (χ2v) is 8.04. The van der Waals surface area contributed by atoms with Gasteiger partial charge in [-0.15, -0.1) is 0 Å². The summed E-state index contributed by atoms with van der Waals surface area (Å²) in [4.78, 5) is 0. The molecule has 0 amide bonds. The van der Waals surface area contributed by atoms with E-state index in [1.54, 1.807) is 0 Å². The number of hydrogen-bond donors (Lipinski definition) is 1. The fraction of sp³-hybridized carbons (Fsp3) is 0.444. The van der Waals surface area contributed by atoms with Crippen LogP contribution < -0.4 is 5.73 Å². The molecule has 1 aromatic heterocycles. The minimum atomic E-state index is 0.154. The molecule has 1 unspecified atom stereocenters. The number of nitrogens with two attached hydrogens (primary N) is 1. The van der Waals surface area contributed by atoms with E-state index < -0.39 is 0 Å². The number of aryl methyl sites for hydroxylation is 2. The van der Waals surface area contributed by atoms with Crippen LogP contribution in [-0.4, -0.2) is 4.57 Å². The molecule has 1 aliphatic rings. The number of hydrogen-bond acceptors (Lipinski definition) is 1. The minimum absolute atomic E-state index is 0.154. The highest BCUT2D eigenvalue weighted by molar-refractivity contribution is 9.10. The summed E-state index contributed by atoms with van der Waals surface area (Å²) in [5.74, 6) is 0. The van der Waals surface area contributed by atoms with Crippen molar-refractivity contribution in [2.24, 2.45) is 11.1 Å². The molecule has 0 bridgehead atoms. The van der Waals surface area contributed by atoms with E-state index in [9.17, 15) is 0 Å². The predicted octanol–water partition coefficient (Wildman–Crippen LogP) is 4.83. The van der Waals surface area contributed by atoms with Crippen molar-refractivity contribution in [2.75, 3.05) is 0 Å². The van der Waals surface area contributed by atoms with E-state index in [1.807, 2.05) is 0 Å². The normalized spacial score (nSPS) is 20.4. The zero-order chi connectivity index (χ0) is 15.4. The average Bonchev–Trinajstić information content (AvgIpc) is 2.70. The van der Waals surface area contributed by atoms with Gasteiger partial charge in [0.2, 0.25) is 0 Å². The molecule has 3 heteroatoms. The van der Waals surface area contributed by atoms with E-state index >= 15 is 0 Å². The molecule has 0 spiro atoms. The van der Waals surface area contributed by atoms with Gasteiger partial charge in [-0.3, -0.25) is 0 Å². The quantitative estimate of drug-likeness (QED) is 0.787. The van der Waals surface area contributed by atoms with Crippen LogP contribution in [-0.2, 0) is 6.42 Å². The van der Waals surface area contributed by atoms with Gasteiger partial charge in [-0.2, -0.15) is 0 Å². The summed E-state index contributed by atoms with van der Waals surface area (Å²) in [5.41, 5.74) is 13.2. The Morgan fingerprint density at radius 3 is 2.48 bits per heavy atom. The molecule has 0 aliphatic heterocycles. The van der Waals surface area contributed by atoms with Gasteiger partial charge >= 0.3 is 0 Å². The van der Waals surface area contributed by atoms with Crippen molar-refractivity contribution in [2.45, 2.75) is 46.6 Å². The smallest absolute Gasteiger partial charge is 0.0511 e. The van der Waals surface area contributed by atoms with Crippen molar-refractivity contribution in [1.29, 1.82) is 0 Å². The van der Waals surface area contributed by atoms with Crippen LogP contribution in [0.1, 0.15) is 48.7 Å².